The van der Waals surface area contributed by atoms with Crippen LogP contribution in [0.1, 0.15) is 30.9 Å². The van der Waals surface area contributed by atoms with Gasteiger partial charge in [0, 0.05) is 30.9 Å². The van der Waals surface area contributed by atoms with E-state index in [2.05, 4.69) is 25.2 Å². The number of hydrogen-bond acceptors (Lipinski definition) is 3. The van der Waals surface area contributed by atoms with Gasteiger partial charge in [0.15, 0.2) is 0 Å². The number of furan rings is 1. The fourth-order valence-corrected chi connectivity index (χ4v) is 2.19. The van der Waals surface area contributed by atoms with Crippen molar-refractivity contribution >= 4 is 5.69 Å². The Hall–Kier alpha value is -1.81. The summed E-state index contributed by atoms with van der Waals surface area (Å²) in [6.45, 7) is 7.63. The van der Waals surface area contributed by atoms with Gasteiger partial charge in [-0.15, -0.1) is 0 Å². The summed E-state index contributed by atoms with van der Waals surface area (Å²) < 4.78 is 19.0. The molecular weight excluding hydrogens is 267 g/mol. The number of nitrogens with zero attached hydrogens (tertiary/aromatic N) is 1. The van der Waals surface area contributed by atoms with Crippen molar-refractivity contribution < 1.29 is 8.81 Å². The number of nitrogens with one attached hydrogen (secondary N) is 1. The molecule has 0 radical (unpaired) electrons. The molecule has 0 bridgehead atoms. The summed E-state index contributed by atoms with van der Waals surface area (Å²) in [5.74, 6) is 1.60. The Bertz CT molecular complexity index is 592. The average molecular weight is 290 g/mol. The third-order valence-corrected chi connectivity index (χ3v) is 3.41. The van der Waals surface area contributed by atoms with Crippen molar-refractivity contribution in [3.8, 4) is 0 Å². The Labute approximate surface area is 125 Å². The molecule has 1 aromatic carbocycles. The van der Waals surface area contributed by atoms with E-state index in [-0.39, 0.29) is 5.82 Å². The van der Waals surface area contributed by atoms with Crippen LogP contribution >= 0.6 is 0 Å². The lowest BCUT2D eigenvalue weighted by molar-refractivity contribution is 0.476. The highest BCUT2D eigenvalue weighted by Gasteiger charge is 2.10. The molecule has 2 rings (SSSR count). The highest BCUT2D eigenvalue weighted by Crippen LogP contribution is 2.20. The highest BCUT2D eigenvalue weighted by atomic mass is 19.1. The fourth-order valence-electron chi connectivity index (χ4n) is 2.19. The summed E-state index contributed by atoms with van der Waals surface area (Å²) in [4.78, 5) is 1.97. The molecule has 0 spiro atoms. The van der Waals surface area contributed by atoms with Crippen LogP contribution in [0.2, 0.25) is 0 Å². The zero-order valence-electron chi connectivity index (χ0n) is 13.1. The van der Waals surface area contributed by atoms with Crippen molar-refractivity contribution in [2.75, 3.05) is 11.9 Å². The maximum atomic E-state index is 13.3. The molecule has 0 fully saturated rings. The first-order chi connectivity index (χ1) is 9.95. The van der Waals surface area contributed by atoms with E-state index < -0.39 is 0 Å². The Morgan fingerprint density at radius 1 is 1.29 bits per heavy atom. The number of benzene rings is 1. The summed E-state index contributed by atoms with van der Waals surface area (Å²) in [5.41, 5.74) is 2.01. The Balaban J connectivity index is 2.04. The van der Waals surface area contributed by atoms with Crippen LogP contribution in [0.3, 0.4) is 0 Å². The summed E-state index contributed by atoms with van der Waals surface area (Å²) in [6.07, 6.45) is 0. The van der Waals surface area contributed by atoms with Crippen molar-refractivity contribution in [2.24, 2.45) is 0 Å². The fraction of sp³-hybridized carbons (Fsp3) is 0.412. The van der Waals surface area contributed by atoms with E-state index in [1.807, 2.05) is 24.9 Å². The van der Waals surface area contributed by atoms with Gasteiger partial charge in [-0.2, -0.15) is 0 Å². The quantitative estimate of drug-likeness (QED) is 0.875. The van der Waals surface area contributed by atoms with Gasteiger partial charge >= 0.3 is 0 Å². The zero-order chi connectivity index (χ0) is 15.4. The van der Waals surface area contributed by atoms with E-state index in [1.165, 1.54) is 17.7 Å². The summed E-state index contributed by atoms with van der Waals surface area (Å²) in [5, 5.41) is 3.39. The standard InChI is InChI=1S/C17H23FN2O/c1-12(2)19-10-14-8-17(21-13(14)3)11-20(4)16-7-5-6-15(18)9-16/h5-9,12,19H,10-11H2,1-4H3. The van der Waals surface area contributed by atoms with Crippen LogP contribution < -0.4 is 10.2 Å². The van der Waals surface area contributed by atoms with Crippen LogP contribution in [-0.2, 0) is 13.1 Å². The maximum absolute atomic E-state index is 13.3. The largest absolute Gasteiger partial charge is 0.464 e. The average Bonchev–Trinajstić information content (AvgIpc) is 2.76. The predicted molar refractivity (Wildman–Crippen MR) is 83.9 cm³/mol. The number of anilines is 1. The first-order valence-electron chi connectivity index (χ1n) is 7.24. The first kappa shape index (κ1) is 15.6. The topological polar surface area (TPSA) is 28.4 Å². The molecule has 2 aromatic rings. The van der Waals surface area contributed by atoms with Gasteiger partial charge in [-0.25, -0.2) is 4.39 Å². The normalized spacial score (nSPS) is 11.1. The molecule has 1 heterocycles. The molecule has 0 unspecified atom stereocenters. The first-order valence-corrected chi connectivity index (χ1v) is 7.24. The lowest BCUT2D eigenvalue weighted by atomic mass is 10.2. The molecular formula is C17H23FN2O. The monoisotopic (exact) mass is 290 g/mol. The molecule has 0 amide bonds. The second-order valence-electron chi connectivity index (χ2n) is 5.67. The van der Waals surface area contributed by atoms with Gasteiger partial charge < -0.3 is 14.6 Å². The van der Waals surface area contributed by atoms with Crippen LogP contribution in [0.15, 0.2) is 34.7 Å². The SMILES string of the molecule is Cc1oc(CN(C)c2cccc(F)c2)cc1CNC(C)C. The minimum absolute atomic E-state index is 0.225. The van der Waals surface area contributed by atoms with Crippen LogP contribution in [-0.4, -0.2) is 13.1 Å². The molecule has 1 N–H and O–H groups in total. The predicted octanol–water partition coefficient (Wildman–Crippen LogP) is 3.86. The third kappa shape index (κ3) is 4.33. The van der Waals surface area contributed by atoms with E-state index in [0.29, 0.717) is 12.6 Å². The van der Waals surface area contributed by atoms with E-state index >= 15 is 0 Å². The van der Waals surface area contributed by atoms with E-state index in [9.17, 15) is 4.39 Å². The maximum Gasteiger partial charge on any atom is 0.125 e. The van der Waals surface area contributed by atoms with Crippen molar-refractivity contribution in [3.05, 3.63) is 53.2 Å². The number of rotatable bonds is 6. The zero-order valence-corrected chi connectivity index (χ0v) is 13.1. The van der Waals surface area contributed by atoms with Gasteiger partial charge in [0.05, 0.1) is 6.54 Å². The Morgan fingerprint density at radius 3 is 2.71 bits per heavy atom. The lowest BCUT2D eigenvalue weighted by Gasteiger charge is -2.17. The van der Waals surface area contributed by atoms with E-state index in [1.54, 1.807) is 6.07 Å². The second-order valence-corrected chi connectivity index (χ2v) is 5.67. The summed E-state index contributed by atoms with van der Waals surface area (Å²) >= 11 is 0. The highest BCUT2D eigenvalue weighted by molar-refractivity contribution is 5.45. The van der Waals surface area contributed by atoms with Crippen molar-refractivity contribution in [1.82, 2.24) is 5.32 Å². The number of halogens is 1. The molecule has 4 heteroatoms. The molecule has 1 aromatic heterocycles. The molecule has 3 nitrogen and oxygen atoms in total. The smallest absolute Gasteiger partial charge is 0.125 e. The minimum atomic E-state index is -0.225. The van der Waals surface area contributed by atoms with Crippen LogP contribution in [0.4, 0.5) is 10.1 Å². The molecule has 21 heavy (non-hydrogen) atoms. The molecule has 0 aliphatic carbocycles. The van der Waals surface area contributed by atoms with Crippen molar-refractivity contribution in [2.45, 2.75) is 39.9 Å². The molecule has 0 aliphatic rings. The second kappa shape index (κ2) is 6.76. The van der Waals surface area contributed by atoms with E-state index in [0.717, 1.165) is 23.8 Å². The Morgan fingerprint density at radius 2 is 2.05 bits per heavy atom. The van der Waals surface area contributed by atoms with Gasteiger partial charge in [-0.3, -0.25) is 0 Å². The van der Waals surface area contributed by atoms with Crippen LogP contribution in [0.25, 0.3) is 0 Å². The molecule has 0 atom stereocenters. The molecule has 0 aliphatic heterocycles. The summed E-state index contributed by atoms with van der Waals surface area (Å²) in [6, 6.07) is 9.09. The van der Waals surface area contributed by atoms with Crippen LogP contribution in [0, 0.1) is 12.7 Å². The number of hydrogen-bond donors (Lipinski definition) is 1. The molecule has 0 saturated carbocycles. The van der Waals surface area contributed by atoms with Gasteiger partial charge in [0.25, 0.3) is 0 Å². The van der Waals surface area contributed by atoms with E-state index in [4.69, 9.17) is 4.42 Å². The Kier molecular flexibility index (Phi) is 5.02. The minimum Gasteiger partial charge on any atom is -0.464 e. The van der Waals surface area contributed by atoms with Gasteiger partial charge in [-0.1, -0.05) is 19.9 Å². The third-order valence-electron chi connectivity index (χ3n) is 3.41. The van der Waals surface area contributed by atoms with Crippen molar-refractivity contribution in [1.29, 1.82) is 0 Å². The lowest BCUT2D eigenvalue weighted by Crippen LogP contribution is -2.21. The summed E-state index contributed by atoms with van der Waals surface area (Å²) in [7, 11) is 1.93. The van der Waals surface area contributed by atoms with Crippen LogP contribution in [0.5, 0.6) is 0 Å². The van der Waals surface area contributed by atoms with Crippen molar-refractivity contribution in [3.63, 3.8) is 0 Å². The van der Waals surface area contributed by atoms with Gasteiger partial charge in [0.1, 0.15) is 17.3 Å². The van der Waals surface area contributed by atoms with Gasteiger partial charge in [-0.05, 0) is 31.2 Å². The number of aryl methyl sites for hydroxylation is 1. The molecule has 114 valence electrons. The molecule has 0 saturated heterocycles. The van der Waals surface area contributed by atoms with Gasteiger partial charge in [0.2, 0.25) is 0 Å².